The first-order valence-electron chi connectivity index (χ1n) is 9.34. The highest BCUT2D eigenvalue weighted by Crippen LogP contribution is 2.24. The van der Waals surface area contributed by atoms with Gasteiger partial charge in [-0.1, -0.05) is 25.7 Å². The van der Waals surface area contributed by atoms with Crippen LogP contribution in [0.2, 0.25) is 0 Å². The number of amides is 1. The van der Waals surface area contributed by atoms with Gasteiger partial charge in [0, 0.05) is 6.04 Å². The fourth-order valence-electron chi connectivity index (χ4n) is 3.91. The van der Waals surface area contributed by atoms with Crippen LogP contribution in [0, 0.1) is 6.92 Å². The number of aromatic nitrogens is 3. The summed E-state index contributed by atoms with van der Waals surface area (Å²) in [6.07, 6.45) is 6.84. The second-order valence-electron chi connectivity index (χ2n) is 7.21. The maximum Gasteiger partial charge on any atom is 0.291 e. The average molecular weight is 372 g/mol. The van der Waals surface area contributed by atoms with Crippen molar-refractivity contribution in [2.45, 2.75) is 64.5 Å². The van der Waals surface area contributed by atoms with Gasteiger partial charge >= 0.3 is 0 Å². The molecule has 1 fully saturated rings. The summed E-state index contributed by atoms with van der Waals surface area (Å²) >= 11 is 1.60. The van der Waals surface area contributed by atoms with Gasteiger partial charge in [-0.15, -0.1) is 11.3 Å². The van der Waals surface area contributed by atoms with E-state index >= 15 is 0 Å². The van der Waals surface area contributed by atoms with Gasteiger partial charge in [0.15, 0.2) is 0 Å². The second kappa shape index (κ2) is 6.87. The monoisotopic (exact) mass is 372 g/mol. The summed E-state index contributed by atoms with van der Waals surface area (Å²) in [6, 6.07) is 3.48. The molecule has 4 rings (SSSR count). The lowest BCUT2D eigenvalue weighted by Gasteiger charge is -2.20. The van der Waals surface area contributed by atoms with Gasteiger partial charge in [-0.3, -0.25) is 14.0 Å². The summed E-state index contributed by atoms with van der Waals surface area (Å²) in [5.41, 5.74) is 1.35. The van der Waals surface area contributed by atoms with Gasteiger partial charge in [0.25, 0.3) is 5.56 Å². The number of carbonyl (C=O) groups is 1. The predicted molar refractivity (Wildman–Crippen MR) is 104 cm³/mol. The van der Waals surface area contributed by atoms with Crippen LogP contribution in [0.3, 0.4) is 0 Å². The molecule has 7 heteroatoms. The Bertz CT molecular complexity index is 1010. The Kier molecular flexibility index (Phi) is 4.56. The van der Waals surface area contributed by atoms with E-state index in [4.69, 9.17) is 0 Å². The molecular formula is C19H24N4O2S. The quantitative estimate of drug-likeness (QED) is 0.716. The summed E-state index contributed by atoms with van der Waals surface area (Å²) in [5, 5.41) is 9.58. The van der Waals surface area contributed by atoms with Gasteiger partial charge in [-0.2, -0.15) is 5.10 Å². The molecule has 3 aromatic rings. The molecule has 0 spiro atoms. The van der Waals surface area contributed by atoms with Crippen LogP contribution in [0.5, 0.6) is 0 Å². The standard InChI is InChI=1S/C19H24N4O2S/c1-12(18(24)20-14-7-5-3-4-6-8-14)23-19(25)16-11-17-15(9-10-26-17)22(16)13(2)21-23/h9-12,14H,3-8H2,1-2H3,(H,20,24)/t12-/m0/s1. The Balaban J connectivity index is 1.65. The molecular weight excluding hydrogens is 348 g/mol. The molecule has 138 valence electrons. The molecule has 0 saturated heterocycles. The van der Waals surface area contributed by atoms with Gasteiger partial charge in [-0.25, -0.2) is 4.68 Å². The van der Waals surface area contributed by atoms with Gasteiger partial charge in [0.1, 0.15) is 17.4 Å². The second-order valence-corrected chi connectivity index (χ2v) is 8.15. The number of aryl methyl sites for hydroxylation is 1. The van der Waals surface area contributed by atoms with Crippen molar-refractivity contribution >= 4 is 33.0 Å². The molecule has 0 aromatic carbocycles. The minimum Gasteiger partial charge on any atom is -0.352 e. The molecule has 1 aliphatic rings. The minimum atomic E-state index is -0.623. The zero-order valence-corrected chi connectivity index (χ0v) is 16.0. The van der Waals surface area contributed by atoms with Crippen LogP contribution >= 0.6 is 11.3 Å². The zero-order chi connectivity index (χ0) is 18.3. The van der Waals surface area contributed by atoms with Crippen molar-refractivity contribution in [3.63, 3.8) is 0 Å². The Morgan fingerprint density at radius 3 is 2.73 bits per heavy atom. The third kappa shape index (κ3) is 2.94. The van der Waals surface area contributed by atoms with E-state index in [-0.39, 0.29) is 17.5 Å². The van der Waals surface area contributed by atoms with E-state index in [1.165, 1.54) is 17.5 Å². The topological polar surface area (TPSA) is 68.4 Å². The lowest BCUT2D eigenvalue weighted by atomic mass is 10.1. The first-order chi connectivity index (χ1) is 12.6. The lowest BCUT2D eigenvalue weighted by molar-refractivity contribution is -0.125. The van der Waals surface area contributed by atoms with Crippen LogP contribution in [-0.2, 0) is 4.79 Å². The van der Waals surface area contributed by atoms with Crippen LogP contribution < -0.4 is 10.9 Å². The molecule has 0 unspecified atom stereocenters. The molecule has 6 nitrogen and oxygen atoms in total. The molecule has 1 saturated carbocycles. The van der Waals surface area contributed by atoms with Crippen molar-refractivity contribution in [3.05, 3.63) is 33.7 Å². The van der Waals surface area contributed by atoms with Gasteiger partial charge in [0.05, 0.1) is 10.2 Å². The van der Waals surface area contributed by atoms with Crippen LogP contribution in [-0.4, -0.2) is 26.1 Å². The zero-order valence-electron chi connectivity index (χ0n) is 15.2. The molecule has 0 aliphatic heterocycles. The molecule has 1 atom stereocenters. The minimum absolute atomic E-state index is 0.122. The largest absolute Gasteiger partial charge is 0.352 e. The Hall–Kier alpha value is -2.15. The first kappa shape index (κ1) is 17.3. The van der Waals surface area contributed by atoms with Gasteiger partial charge in [0.2, 0.25) is 5.91 Å². The molecule has 0 bridgehead atoms. The Morgan fingerprint density at radius 2 is 2.00 bits per heavy atom. The summed E-state index contributed by atoms with van der Waals surface area (Å²) in [6.45, 7) is 3.62. The van der Waals surface area contributed by atoms with Gasteiger partial charge in [-0.05, 0) is 44.2 Å². The van der Waals surface area contributed by atoms with E-state index in [0.29, 0.717) is 11.3 Å². The highest BCUT2D eigenvalue weighted by atomic mass is 32.1. The number of nitrogens with one attached hydrogen (secondary N) is 1. The van der Waals surface area contributed by atoms with Crippen LogP contribution in [0.4, 0.5) is 0 Å². The predicted octanol–water partition coefficient (Wildman–Crippen LogP) is 3.42. The fourth-order valence-corrected chi connectivity index (χ4v) is 4.72. The molecule has 1 N–H and O–H groups in total. The molecule has 1 aliphatic carbocycles. The smallest absolute Gasteiger partial charge is 0.291 e. The van der Waals surface area contributed by atoms with E-state index in [2.05, 4.69) is 10.4 Å². The van der Waals surface area contributed by atoms with E-state index in [9.17, 15) is 9.59 Å². The summed E-state index contributed by atoms with van der Waals surface area (Å²) in [4.78, 5) is 25.7. The van der Waals surface area contributed by atoms with Crippen molar-refractivity contribution in [2.75, 3.05) is 0 Å². The van der Waals surface area contributed by atoms with Crippen molar-refractivity contribution < 1.29 is 4.79 Å². The summed E-state index contributed by atoms with van der Waals surface area (Å²) < 4.78 is 4.27. The molecule has 26 heavy (non-hydrogen) atoms. The first-order valence-corrected chi connectivity index (χ1v) is 10.2. The number of rotatable bonds is 3. The number of fused-ring (bicyclic) bond motifs is 3. The Labute approximate surface area is 155 Å². The maximum atomic E-state index is 12.9. The summed E-state index contributed by atoms with van der Waals surface area (Å²) in [5.74, 6) is 0.589. The molecule has 0 radical (unpaired) electrons. The number of hydrogen-bond donors (Lipinski definition) is 1. The van der Waals surface area contributed by atoms with Crippen LogP contribution in [0.1, 0.15) is 57.3 Å². The van der Waals surface area contributed by atoms with Gasteiger partial charge < -0.3 is 5.32 Å². The van der Waals surface area contributed by atoms with Crippen molar-refractivity contribution in [1.82, 2.24) is 19.5 Å². The van der Waals surface area contributed by atoms with Crippen molar-refractivity contribution in [3.8, 4) is 0 Å². The maximum absolute atomic E-state index is 12.9. The Morgan fingerprint density at radius 1 is 1.27 bits per heavy atom. The van der Waals surface area contributed by atoms with E-state index in [1.54, 1.807) is 18.3 Å². The fraction of sp³-hybridized carbons (Fsp3) is 0.526. The number of nitrogens with zero attached hydrogens (tertiary/aromatic N) is 3. The summed E-state index contributed by atoms with van der Waals surface area (Å²) in [7, 11) is 0. The SMILES string of the molecule is Cc1nn([C@@H](C)C(=O)NC2CCCCCC2)c(=O)c2cc3sccc3n12. The van der Waals surface area contributed by atoms with Crippen molar-refractivity contribution in [1.29, 1.82) is 0 Å². The molecule has 3 heterocycles. The third-order valence-electron chi connectivity index (χ3n) is 5.37. The average Bonchev–Trinajstić information content (AvgIpc) is 3.12. The third-order valence-corrected chi connectivity index (χ3v) is 6.23. The molecule has 3 aromatic heterocycles. The van der Waals surface area contributed by atoms with E-state index < -0.39 is 6.04 Å². The molecule has 1 amide bonds. The van der Waals surface area contributed by atoms with Crippen molar-refractivity contribution in [2.24, 2.45) is 0 Å². The lowest BCUT2D eigenvalue weighted by Crippen LogP contribution is -2.42. The highest BCUT2D eigenvalue weighted by Gasteiger charge is 2.23. The van der Waals surface area contributed by atoms with E-state index in [1.807, 2.05) is 28.8 Å². The number of hydrogen-bond acceptors (Lipinski definition) is 4. The normalized spacial score (nSPS) is 17.5. The van der Waals surface area contributed by atoms with E-state index in [0.717, 1.165) is 35.9 Å². The number of carbonyl (C=O) groups excluding carboxylic acids is 1. The number of thiophene rings is 1. The highest BCUT2D eigenvalue weighted by molar-refractivity contribution is 7.17. The van der Waals surface area contributed by atoms with Crippen LogP contribution in [0.25, 0.3) is 15.7 Å². The van der Waals surface area contributed by atoms with Crippen LogP contribution in [0.15, 0.2) is 22.3 Å².